The summed E-state index contributed by atoms with van der Waals surface area (Å²) in [6, 6.07) is 101. The lowest BCUT2D eigenvalue weighted by Crippen LogP contribution is -2.68. The van der Waals surface area contributed by atoms with E-state index in [1.54, 1.807) is 0 Å². The van der Waals surface area contributed by atoms with Gasteiger partial charge >= 0.3 is 0 Å². The number of hydrogen-bond donors (Lipinski definition) is 0. The Kier molecular flexibility index (Phi) is 10.2. The molecule has 1 aliphatic carbocycles. The topological polar surface area (TPSA) is 9.72 Å². The minimum absolute atomic E-state index is 0.0768. The number of benzene rings is 11. The molecule has 0 saturated heterocycles. The molecule has 5 aliphatic rings. The van der Waals surface area contributed by atoms with Crippen LogP contribution in [0.5, 0.6) is 0 Å². The molecule has 11 aromatic rings. The summed E-state index contributed by atoms with van der Waals surface area (Å²) >= 11 is 0. The normalized spacial score (nSPS) is 18.7. The quantitative estimate of drug-likeness (QED) is 0.140. The van der Waals surface area contributed by atoms with Crippen molar-refractivity contribution in [2.75, 3.05) is 14.7 Å². The number of hydrogen-bond acceptors (Lipinski definition) is 3. The van der Waals surface area contributed by atoms with Gasteiger partial charge in [-0.2, -0.15) is 0 Å². The molecule has 4 aliphatic heterocycles. The first-order valence-electron chi connectivity index (χ1n) is 28.4. The van der Waals surface area contributed by atoms with E-state index in [9.17, 15) is 0 Å². The summed E-state index contributed by atoms with van der Waals surface area (Å²) in [7, 11) is 0. The van der Waals surface area contributed by atoms with Gasteiger partial charge in [0.25, 0.3) is 6.71 Å². The molecule has 2 atom stereocenters. The Morgan fingerprint density at radius 1 is 0.329 bits per heavy atom. The van der Waals surface area contributed by atoms with Crippen molar-refractivity contribution < 1.29 is 0 Å². The number of anilines is 8. The first-order valence-corrected chi connectivity index (χ1v) is 28.4. The highest BCUT2D eigenvalue weighted by molar-refractivity contribution is 7.01. The third kappa shape index (κ3) is 6.37. The van der Waals surface area contributed by atoms with E-state index in [1.807, 2.05) is 0 Å². The fourth-order valence-corrected chi connectivity index (χ4v) is 15.7. The summed E-state index contributed by atoms with van der Waals surface area (Å²) in [6.45, 7) is 5.09. The molecule has 1 saturated carbocycles. The van der Waals surface area contributed by atoms with Gasteiger partial charge in [0, 0.05) is 50.7 Å². The Labute approximate surface area is 464 Å². The molecule has 3 nitrogen and oxygen atoms in total. The predicted molar refractivity (Wildman–Crippen MR) is 331 cm³/mol. The number of rotatable bonds is 8. The van der Waals surface area contributed by atoms with E-state index in [2.05, 4.69) is 295 Å². The van der Waals surface area contributed by atoms with Crippen LogP contribution in [0.3, 0.4) is 0 Å². The molecule has 0 aromatic heterocycles. The summed E-state index contributed by atoms with van der Waals surface area (Å²) in [4.78, 5) is 8.17. The Bertz CT molecular complexity index is 3990. The monoisotopic (exact) mass is 1010 g/mol. The smallest absolute Gasteiger partial charge is 0.253 e. The summed E-state index contributed by atoms with van der Waals surface area (Å²) in [5, 5.41) is 0. The molecule has 0 N–H and O–H groups in total. The molecular weight excluding hydrogens is 954 g/mol. The lowest BCUT2D eigenvalue weighted by atomic mass is 9.28. The van der Waals surface area contributed by atoms with Gasteiger partial charge in [0.15, 0.2) is 0 Å². The Morgan fingerprint density at radius 2 is 0.772 bits per heavy atom. The molecule has 2 unspecified atom stereocenters. The summed E-state index contributed by atoms with van der Waals surface area (Å²) in [6.07, 6.45) is 4.63. The lowest BCUT2D eigenvalue weighted by molar-refractivity contribution is 0.195. The van der Waals surface area contributed by atoms with E-state index in [1.165, 1.54) is 125 Å². The molecule has 0 spiro atoms. The van der Waals surface area contributed by atoms with Crippen molar-refractivity contribution in [2.24, 2.45) is 0 Å². The third-order valence-electron chi connectivity index (χ3n) is 19.3. The number of fused-ring (bicyclic) bond motifs is 3. The SMILES string of the molecule is CC12CCCCC1(C)N(c1cc3c4c(c1)N(c1ccccc1-c1ccccc1)c1cccc5c1B4c1c(cccc1C5(c1ccccc1)c1ccccc1)N3c1ccccc1-c1ccccc1)c1ccc(-c3ccccc3)cc12. The summed E-state index contributed by atoms with van der Waals surface area (Å²) in [5.41, 5.74) is 26.8. The summed E-state index contributed by atoms with van der Waals surface area (Å²) in [5.74, 6) is 0. The van der Waals surface area contributed by atoms with Gasteiger partial charge in [0.2, 0.25) is 0 Å². The van der Waals surface area contributed by atoms with Crippen molar-refractivity contribution in [2.45, 2.75) is 55.9 Å². The predicted octanol–water partition coefficient (Wildman–Crippen LogP) is 17.2. The van der Waals surface area contributed by atoms with Gasteiger partial charge in [-0.15, -0.1) is 0 Å². The molecule has 79 heavy (non-hydrogen) atoms. The van der Waals surface area contributed by atoms with E-state index in [4.69, 9.17) is 0 Å². The average molecular weight is 1010 g/mol. The fraction of sp³-hybridized carbons (Fsp3) is 0.120. The zero-order valence-corrected chi connectivity index (χ0v) is 44.7. The highest BCUT2D eigenvalue weighted by Gasteiger charge is 2.59. The molecule has 0 radical (unpaired) electrons. The van der Waals surface area contributed by atoms with Crippen LogP contribution in [-0.2, 0) is 10.8 Å². The van der Waals surface area contributed by atoms with Gasteiger partial charge in [0.05, 0.1) is 22.3 Å². The van der Waals surface area contributed by atoms with Gasteiger partial charge < -0.3 is 14.7 Å². The standard InChI is InChI=1S/C75H58BN3/c1-73-46-22-23-47-74(73,2)79(65-45-44-54(48-62(65)73)51-26-8-3-9-27-51)57-49-68-72-69(50-57)78(64-41-21-19-37-59(64)53-30-12-5-13-31-53)67-43-25-39-61-71(67)76(72)70-60(75(61,55-32-14-6-15-33-55)56-34-16-7-17-35-56)38-24-42-66(70)77(68)63-40-20-18-36-58(63)52-28-10-4-11-29-52/h3-21,24-45,48-50H,22-23,46-47H2,1-2H3. The van der Waals surface area contributed by atoms with Gasteiger partial charge in [-0.3, -0.25) is 0 Å². The molecule has 0 bridgehead atoms. The van der Waals surface area contributed by atoms with Gasteiger partial charge in [-0.25, -0.2) is 0 Å². The van der Waals surface area contributed by atoms with Crippen LogP contribution in [0.15, 0.2) is 267 Å². The first kappa shape index (κ1) is 46.0. The van der Waals surface area contributed by atoms with Crippen LogP contribution < -0.4 is 31.1 Å². The minimum atomic E-state index is -0.655. The lowest BCUT2D eigenvalue weighted by Gasteiger charge is -2.53. The molecule has 4 heteroatoms. The highest BCUT2D eigenvalue weighted by atomic mass is 15.3. The second kappa shape index (κ2) is 17.4. The highest BCUT2D eigenvalue weighted by Crippen LogP contribution is 2.63. The van der Waals surface area contributed by atoms with Crippen LogP contribution in [0.2, 0.25) is 0 Å². The maximum atomic E-state index is 2.81. The van der Waals surface area contributed by atoms with Crippen molar-refractivity contribution in [3.63, 3.8) is 0 Å². The fourth-order valence-electron chi connectivity index (χ4n) is 15.7. The van der Waals surface area contributed by atoms with E-state index in [0.717, 1.165) is 24.2 Å². The van der Waals surface area contributed by atoms with E-state index in [-0.39, 0.29) is 17.7 Å². The van der Waals surface area contributed by atoms with Crippen molar-refractivity contribution in [3.8, 4) is 33.4 Å². The van der Waals surface area contributed by atoms with Crippen LogP contribution >= 0.6 is 0 Å². The molecular formula is C75H58BN3. The molecule has 16 rings (SSSR count). The van der Waals surface area contributed by atoms with Crippen LogP contribution in [-0.4, -0.2) is 12.3 Å². The summed E-state index contributed by atoms with van der Waals surface area (Å²) < 4.78 is 0. The van der Waals surface area contributed by atoms with Crippen molar-refractivity contribution in [1.82, 2.24) is 0 Å². The van der Waals surface area contributed by atoms with Crippen molar-refractivity contribution >= 4 is 68.6 Å². The zero-order chi connectivity index (χ0) is 52.5. The Morgan fingerprint density at radius 3 is 1.29 bits per heavy atom. The number of para-hydroxylation sites is 2. The first-order chi connectivity index (χ1) is 39.0. The van der Waals surface area contributed by atoms with Crippen molar-refractivity contribution in [3.05, 3.63) is 295 Å². The number of nitrogens with zero attached hydrogens (tertiary/aromatic N) is 3. The van der Waals surface area contributed by atoms with Crippen LogP contribution in [0, 0.1) is 0 Å². The van der Waals surface area contributed by atoms with Gasteiger partial charge in [-0.1, -0.05) is 238 Å². The van der Waals surface area contributed by atoms with Crippen molar-refractivity contribution in [1.29, 1.82) is 0 Å². The van der Waals surface area contributed by atoms with Gasteiger partial charge in [-0.05, 0) is 135 Å². The second-order valence-electron chi connectivity index (χ2n) is 23.0. The maximum Gasteiger partial charge on any atom is 0.253 e. The van der Waals surface area contributed by atoms with E-state index >= 15 is 0 Å². The molecule has 1 fully saturated rings. The molecule has 11 aromatic carbocycles. The Hall–Kier alpha value is -9.12. The van der Waals surface area contributed by atoms with E-state index in [0.29, 0.717) is 0 Å². The average Bonchev–Trinajstić information content (AvgIpc) is 2.77. The molecule has 0 amide bonds. The zero-order valence-electron chi connectivity index (χ0n) is 44.7. The van der Waals surface area contributed by atoms with Crippen LogP contribution in [0.1, 0.15) is 67.3 Å². The largest absolute Gasteiger partial charge is 0.334 e. The van der Waals surface area contributed by atoms with E-state index < -0.39 is 5.41 Å². The second-order valence-corrected chi connectivity index (χ2v) is 23.0. The van der Waals surface area contributed by atoms with Gasteiger partial charge in [0.1, 0.15) is 0 Å². The molecule has 376 valence electrons. The van der Waals surface area contributed by atoms with Crippen LogP contribution in [0.4, 0.5) is 45.5 Å². The molecule has 4 heterocycles. The Balaban J connectivity index is 1.07. The minimum Gasteiger partial charge on any atom is -0.334 e. The third-order valence-corrected chi connectivity index (χ3v) is 19.3. The maximum absolute atomic E-state index is 2.81. The van der Waals surface area contributed by atoms with Crippen LogP contribution in [0.25, 0.3) is 33.4 Å².